The molecule has 2 aromatic rings. The molecule has 1 aliphatic carbocycles. The van der Waals surface area contributed by atoms with E-state index in [0.717, 1.165) is 12.8 Å². The van der Waals surface area contributed by atoms with E-state index in [1.807, 2.05) is 0 Å². The second-order valence-corrected chi connectivity index (χ2v) is 7.28. The number of hydrogen-bond acceptors (Lipinski definition) is 2. The molecule has 1 aromatic heterocycles. The van der Waals surface area contributed by atoms with E-state index in [1.165, 1.54) is 33.3 Å². The van der Waals surface area contributed by atoms with Crippen LogP contribution in [0.1, 0.15) is 22.4 Å². The molecule has 2 N–H and O–H groups in total. The van der Waals surface area contributed by atoms with E-state index in [9.17, 15) is 0 Å². The first kappa shape index (κ1) is 13.3. The number of rotatable bonds is 3. The maximum Gasteiger partial charge on any atom is 0.0285 e. The van der Waals surface area contributed by atoms with E-state index >= 15 is 0 Å². The Balaban J connectivity index is 1.67. The highest BCUT2D eigenvalue weighted by Crippen LogP contribution is 2.29. The van der Waals surface area contributed by atoms with Crippen LogP contribution in [-0.4, -0.2) is 6.04 Å². The summed E-state index contributed by atoms with van der Waals surface area (Å²) in [5.74, 6) is 0.621. The molecule has 0 radical (unpaired) electrons. The SMILES string of the molecule is NC(Cc1cc(Br)cs1)C1CCc2ccccc2C1. The summed E-state index contributed by atoms with van der Waals surface area (Å²) < 4.78 is 1.17. The van der Waals surface area contributed by atoms with E-state index in [-0.39, 0.29) is 6.04 Å². The van der Waals surface area contributed by atoms with Crippen LogP contribution in [0.5, 0.6) is 0 Å². The minimum Gasteiger partial charge on any atom is -0.327 e. The van der Waals surface area contributed by atoms with Crippen LogP contribution in [0.2, 0.25) is 0 Å². The summed E-state index contributed by atoms with van der Waals surface area (Å²) >= 11 is 5.31. The molecule has 2 unspecified atom stereocenters. The van der Waals surface area contributed by atoms with Crippen molar-refractivity contribution in [3.63, 3.8) is 0 Å². The van der Waals surface area contributed by atoms with Crippen molar-refractivity contribution < 1.29 is 0 Å². The summed E-state index contributed by atoms with van der Waals surface area (Å²) in [7, 11) is 0. The Labute approximate surface area is 127 Å². The third-order valence-electron chi connectivity index (χ3n) is 4.05. The molecule has 0 bridgehead atoms. The monoisotopic (exact) mass is 335 g/mol. The number of fused-ring (bicyclic) bond motifs is 1. The molecule has 0 aliphatic heterocycles. The van der Waals surface area contributed by atoms with Crippen LogP contribution >= 0.6 is 27.3 Å². The summed E-state index contributed by atoms with van der Waals surface area (Å²) in [6, 6.07) is 11.3. The smallest absolute Gasteiger partial charge is 0.0285 e. The number of nitrogens with two attached hydrogens (primary N) is 1. The van der Waals surface area contributed by atoms with Crippen molar-refractivity contribution in [2.45, 2.75) is 31.7 Å². The van der Waals surface area contributed by atoms with Crippen molar-refractivity contribution in [1.29, 1.82) is 0 Å². The second-order valence-electron chi connectivity index (χ2n) is 5.37. The van der Waals surface area contributed by atoms with Crippen molar-refractivity contribution in [2.75, 3.05) is 0 Å². The number of hydrogen-bond donors (Lipinski definition) is 1. The molecular formula is C16H18BrNS. The van der Waals surface area contributed by atoms with Crippen molar-refractivity contribution in [3.8, 4) is 0 Å². The van der Waals surface area contributed by atoms with Crippen molar-refractivity contribution in [3.05, 3.63) is 56.2 Å². The lowest BCUT2D eigenvalue weighted by Crippen LogP contribution is -2.35. The van der Waals surface area contributed by atoms with E-state index in [0.29, 0.717) is 5.92 Å². The molecular weight excluding hydrogens is 318 g/mol. The lowest BCUT2D eigenvalue weighted by atomic mass is 9.79. The van der Waals surface area contributed by atoms with Crippen molar-refractivity contribution in [2.24, 2.45) is 11.7 Å². The first-order chi connectivity index (χ1) is 9.22. The fourth-order valence-corrected chi connectivity index (χ4v) is 4.48. The first-order valence-electron chi connectivity index (χ1n) is 6.77. The van der Waals surface area contributed by atoms with Crippen LogP contribution in [0, 0.1) is 5.92 Å². The van der Waals surface area contributed by atoms with Gasteiger partial charge in [0, 0.05) is 20.8 Å². The summed E-state index contributed by atoms with van der Waals surface area (Å²) in [5.41, 5.74) is 9.46. The van der Waals surface area contributed by atoms with Gasteiger partial charge in [-0.1, -0.05) is 24.3 Å². The number of benzene rings is 1. The normalized spacial score (nSPS) is 20.0. The van der Waals surface area contributed by atoms with Crippen LogP contribution in [0.15, 0.2) is 40.2 Å². The van der Waals surface area contributed by atoms with Crippen LogP contribution in [0.4, 0.5) is 0 Å². The van der Waals surface area contributed by atoms with Gasteiger partial charge in [0.25, 0.3) is 0 Å². The molecule has 1 heterocycles. The Morgan fingerprint density at radius 1 is 1.32 bits per heavy atom. The van der Waals surface area contributed by atoms with Gasteiger partial charge in [0.05, 0.1) is 0 Å². The predicted molar refractivity (Wildman–Crippen MR) is 85.7 cm³/mol. The summed E-state index contributed by atoms with van der Waals surface area (Å²) in [4.78, 5) is 1.39. The molecule has 1 aliphatic rings. The Morgan fingerprint density at radius 2 is 2.11 bits per heavy atom. The minimum absolute atomic E-state index is 0.277. The van der Waals surface area contributed by atoms with Gasteiger partial charge >= 0.3 is 0 Å². The van der Waals surface area contributed by atoms with Gasteiger partial charge in [0.1, 0.15) is 0 Å². The van der Waals surface area contributed by atoms with Gasteiger partial charge in [0.2, 0.25) is 0 Å². The number of aryl methyl sites for hydroxylation is 1. The van der Waals surface area contributed by atoms with E-state index in [4.69, 9.17) is 5.73 Å². The summed E-state index contributed by atoms with van der Waals surface area (Å²) in [6.45, 7) is 0. The van der Waals surface area contributed by atoms with Gasteiger partial charge in [-0.2, -0.15) is 0 Å². The minimum atomic E-state index is 0.277. The summed E-state index contributed by atoms with van der Waals surface area (Å²) in [5, 5.41) is 2.14. The maximum atomic E-state index is 6.44. The van der Waals surface area contributed by atoms with Gasteiger partial charge in [-0.05, 0) is 64.7 Å². The standard InChI is InChI=1S/C16H18BrNS/c17-14-8-15(19-10-14)9-16(18)13-6-5-11-3-1-2-4-12(11)7-13/h1-4,8,10,13,16H,5-7,9,18H2. The van der Waals surface area contributed by atoms with E-state index in [1.54, 1.807) is 11.3 Å². The quantitative estimate of drug-likeness (QED) is 0.894. The molecule has 1 aromatic carbocycles. The molecule has 3 heteroatoms. The zero-order chi connectivity index (χ0) is 13.2. The van der Waals surface area contributed by atoms with Gasteiger partial charge < -0.3 is 5.73 Å². The molecule has 19 heavy (non-hydrogen) atoms. The Morgan fingerprint density at radius 3 is 2.84 bits per heavy atom. The van der Waals surface area contributed by atoms with Gasteiger partial charge in [-0.3, -0.25) is 0 Å². The average molecular weight is 336 g/mol. The molecule has 100 valence electrons. The van der Waals surface area contributed by atoms with Crippen LogP contribution in [0.25, 0.3) is 0 Å². The number of thiophene rings is 1. The fraction of sp³-hybridized carbons (Fsp3) is 0.375. The molecule has 0 fully saturated rings. The molecule has 2 atom stereocenters. The van der Waals surface area contributed by atoms with E-state index in [2.05, 4.69) is 51.6 Å². The fourth-order valence-electron chi connectivity index (χ4n) is 2.95. The molecule has 0 saturated carbocycles. The van der Waals surface area contributed by atoms with Crippen molar-refractivity contribution in [1.82, 2.24) is 0 Å². The van der Waals surface area contributed by atoms with Gasteiger partial charge in [-0.25, -0.2) is 0 Å². The highest BCUT2D eigenvalue weighted by molar-refractivity contribution is 9.10. The molecule has 0 amide bonds. The first-order valence-corrected chi connectivity index (χ1v) is 8.45. The summed E-state index contributed by atoms with van der Waals surface area (Å²) in [6.07, 6.45) is 4.56. The van der Waals surface area contributed by atoms with Gasteiger partial charge in [0.15, 0.2) is 0 Å². The zero-order valence-corrected chi connectivity index (χ0v) is 13.2. The second kappa shape index (κ2) is 5.78. The van der Waals surface area contributed by atoms with Crippen LogP contribution in [0.3, 0.4) is 0 Å². The third kappa shape index (κ3) is 3.10. The predicted octanol–water partition coefficient (Wildman–Crippen LogP) is 4.19. The van der Waals surface area contributed by atoms with Crippen LogP contribution in [-0.2, 0) is 19.3 Å². The molecule has 0 saturated heterocycles. The Kier molecular flexibility index (Phi) is 4.06. The van der Waals surface area contributed by atoms with Crippen molar-refractivity contribution >= 4 is 27.3 Å². The molecule has 3 rings (SSSR count). The van der Waals surface area contributed by atoms with E-state index < -0.39 is 0 Å². The molecule has 1 nitrogen and oxygen atoms in total. The Hall–Kier alpha value is -0.640. The van der Waals surface area contributed by atoms with Gasteiger partial charge in [-0.15, -0.1) is 11.3 Å². The highest BCUT2D eigenvalue weighted by atomic mass is 79.9. The third-order valence-corrected chi connectivity index (χ3v) is 5.77. The Bertz CT molecular complexity index is 563. The maximum absolute atomic E-state index is 6.44. The zero-order valence-electron chi connectivity index (χ0n) is 10.8. The van der Waals surface area contributed by atoms with Crippen LogP contribution < -0.4 is 5.73 Å². The highest BCUT2D eigenvalue weighted by Gasteiger charge is 2.24. The lowest BCUT2D eigenvalue weighted by molar-refractivity contribution is 0.374. The lowest BCUT2D eigenvalue weighted by Gasteiger charge is -2.29. The number of halogens is 1. The molecule has 0 spiro atoms. The largest absolute Gasteiger partial charge is 0.327 e. The average Bonchev–Trinajstić information content (AvgIpc) is 2.83. The topological polar surface area (TPSA) is 26.0 Å².